The van der Waals surface area contributed by atoms with Gasteiger partial charge in [-0.15, -0.1) is 0 Å². The second-order valence-electron chi connectivity index (χ2n) is 5.71. The average Bonchev–Trinajstić information content (AvgIpc) is 3.34. The molecule has 6 heteroatoms. The molecule has 1 aromatic carbocycles. The maximum Gasteiger partial charge on any atom is 0.252 e. The summed E-state index contributed by atoms with van der Waals surface area (Å²) in [5, 5.41) is 5.53. The van der Waals surface area contributed by atoms with Gasteiger partial charge < -0.3 is 10.6 Å². The zero-order chi connectivity index (χ0) is 16.1. The van der Waals surface area contributed by atoms with Gasteiger partial charge >= 0.3 is 0 Å². The lowest BCUT2D eigenvalue weighted by Crippen LogP contribution is -2.44. The SMILES string of the molecule is CC(CNC(=O)CNC(=O)c1ccccc1I)N(C)C1CC1. The number of hydrogen-bond donors (Lipinski definition) is 2. The summed E-state index contributed by atoms with van der Waals surface area (Å²) in [6, 6.07) is 8.29. The van der Waals surface area contributed by atoms with Crippen molar-refractivity contribution in [2.75, 3.05) is 20.1 Å². The molecule has 120 valence electrons. The van der Waals surface area contributed by atoms with Crippen LogP contribution in [0.15, 0.2) is 24.3 Å². The van der Waals surface area contributed by atoms with Crippen LogP contribution < -0.4 is 10.6 Å². The van der Waals surface area contributed by atoms with E-state index in [1.165, 1.54) is 12.8 Å². The summed E-state index contributed by atoms with van der Waals surface area (Å²) in [6.45, 7) is 2.71. The van der Waals surface area contributed by atoms with Gasteiger partial charge in [0, 0.05) is 22.2 Å². The Morgan fingerprint density at radius 3 is 2.64 bits per heavy atom. The summed E-state index contributed by atoms with van der Waals surface area (Å²) >= 11 is 2.11. The van der Waals surface area contributed by atoms with Gasteiger partial charge in [-0.3, -0.25) is 14.5 Å². The Bertz CT molecular complexity index is 546. The van der Waals surface area contributed by atoms with E-state index in [1.54, 1.807) is 6.07 Å². The third-order valence-corrected chi connectivity index (χ3v) is 4.88. The smallest absolute Gasteiger partial charge is 0.252 e. The van der Waals surface area contributed by atoms with E-state index in [0.717, 1.165) is 3.57 Å². The van der Waals surface area contributed by atoms with Gasteiger partial charge in [-0.2, -0.15) is 0 Å². The number of carbonyl (C=O) groups is 2. The van der Waals surface area contributed by atoms with Gasteiger partial charge in [0.25, 0.3) is 5.91 Å². The van der Waals surface area contributed by atoms with Crippen LogP contribution in [0.25, 0.3) is 0 Å². The molecular formula is C16H22IN3O2. The number of nitrogens with one attached hydrogen (secondary N) is 2. The maximum atomic E-state index is 12.0. The fraction of sp³-hybridized carbons (Fsp3) is 0.500. The van der Waals surface area contributed by atoms with Crippen molar-refractivity contribution in [2.45, 2.75) is 31.8 Å². The van der Waals surface area contributed by atoms with Gasteiger partial charge in [-0.25, -0.2) is 0 Å². The van der Waals surface area contributed by atoms with Gasteiger partial charge in [0.05, 0.1) is 12.1 Å². The van der Waals surface area contributed by atoms with Crippen LogP contribution in [-0.4, -0.2) is 48.9 Å². The Morgan fingerprint density at radius 2 is 2.00 bits per heavy atom. The van der Waals surface area contributed by atoms with Crippen molar-refractivity contribution in [3.05, 3.63) is 33.4 Å². The molecule has 1 aliphatic rings. The first-order valence-corrected chi connectivity index (χ1v) is 8.58. The quantitative estimate of drug-likeness (QED) is 0.666. The molecule has 22 heavy (non-hydrogen) atoms. The highest BCUT2D eigenvalue weighted by molar-refractivity contribution is 14.1. The average molecular weight is 415 g/mol. The van der Waals surface area contributed by atoms with Gasteiger partial charge in [-0.05, 0) is 61.5 Å². The number of rotatable bonds is 7. The lowest BCUT2D eigenvalue weighted by molar-refractivity contribution is -0.120. The molecule has 2 rings (SSSR count). The first-order valence-electron chi connectivity index (χ1n) is 7.50. The number of likely N-dealkylation sites (N-methyl/N-ethyl adjacent to an activating group) is 1. The number of hydrogen-bond acceptors (Lipinski definition) is 3. The number of nitrogens with zero attached hydrogens (tertiary/aromatic N) is 1. The molecule has 0 spiro atoms. The number of carbonyl (C=O) groups excluding carboxylic acids is 2. The molecule has 0 bridgehead atoms. The van der Waals surface area contributed by atoms with Crippen molar-refractivity contribution in [1.82, 2.24) is 15.5 Å². The third kappa shape index (κ3) is 4.95. The molecule has 1 unspecified atom stereocenters. The normalized spacial score (nSPS) is 15.5. The first kappa shape index (κ1) is 17.2. The van der Waals surface area contributed by atoms with Crippen molar-refractivity contribution in [3.63, 3.8) is 0 Å². The summed E-state index contributed by atoms with van der Waals surface area (Å²) in [6.07, 6.45) is 2.50. The Morgan fingerprint density at radius 1 is 1.32 bits per heavy atom. The van der Waals surface area contributed by atoms with Crippen LogP contribution in [0.4, 0.5) is 0 Å². The monoisotopic (exact) mass is 415 g/mol. The Hall–Kier alpha value is -1.15. The molecule has 1 saturated carbocycles. The maximum absolute atomic E-state index is 12.0. The topological polar surface area (TPSA) is 61.4 Å². The van der Waals surface area contributed by atoms with Crippen molar-refractivity contribution >= 4 is 34.4 Å². The van der Waals surface area contributed by atoms with Crippen molar-refractivity contribution in [2.24, 2.45) is 0 Å². The van der Waals surface area contributed by atoms with Crippen LogP contribution in [0.3, 0.4) is 0 Å². The molecule has 2 N–H and O–H groups in total. The molecular weight excluding hydrogens is 393 g/mol. The summed E-state index contributed by atoms with van der Waals surface area (Å²) in [4.78, 5) is 26.1. The molecule has 0 saturated heterocycles. The van der Waals surface area contributed by atoms with E-state index in [-0.39, 0.29) is 18.4 Å². The molecule has 1 fully saturated rings. The summed E-state index contributed by atoms with van der Waals surface area (Å²) in [7, 11) is 2.09. The Labute approximate surface area is 145 Å². The summed E-state index contributed by atoms with van der Waals surface area (Å²) < 4.78 is 0.873. The molecule has 0 heterocycles. The molecule has 1 atom stereocenters. The second kappa shape index (κ2) is 7.92. The van der Waals surface area contributed by atoms with Crippen LogP contribution >= 0.6 is 22.6 Å². The van der Waals surface area contributed by atoms with E-state index in [1.807, 2.05) is 18.2 Å². The predicted octanol–water partition coefficient (Wildman–Crippen LogP) is 1.62. The van der Waals surface area contributed by atoms with E-state index in [9.17, 15) is 9.59 Å². The van der Waals surface area contributed by atoms with Gasteiger partial charge in [0.2, 0.25) is 5.91 Å². The van der Waals surface area contributed by atoms with Gasteiger partial charge in [0.15, 0.2) is 0 Å². The van der Waals surface area contributed by atoms with E-state index >= 15 is 0 Å². The van der Waals surface area contributed by atoms with E-state index in [0.29, 0.717) is 24.2 Å². The largest absolute Gasteiger partial charge is 0.353 e. The molecule has 1 aliphatic carbocycles. The predicted molar refractivity (Wildman–Crippen MR) is 94.7 cm³/mol. The number of benzene rings is 1. The molecule has 0 aliphatic heterocycles. The standard InChI is InChI=1S/C16H22IN3O2/c1-11(20(2)12-7-8-12)9-18-15(21)10-19-16(22)13-5-3-4-6-14(13)17/h3-6,11-12H,7-10H2,1-2H3,(H,18,21)(H,19,22). The molecule has 1 aromatic rings. The third-order valence-electron chi connectivity index (χ3n) is 3.94. The Kier molecular flexibility index (Phi) is 6.19. The summed E-state index contributed by atoms with van der Waals surface area (Å²) in [5.41, 5.74) is 0.595. The Balaban J connectivity index is 1.71. The van der Waals surface area contributed by atoms with Crippen LogP contribution in [0, 0.1) is 3.57 Å². The first-order chi connectivity index (χ1) is 10.5. The minimum atomic E-state index is -0.219. The van der Waals surface area contributed by atoms with Crippen molar-refractivity contribution < 1.29 is 9.59 Å². The highest BCUT2D eigenvalue weighted by Gasteiger charge is 2.29. The van der Waals surface area contributed by atoms with E-state index in [2.05, 4.69) is 52.1 Å². The molecule has 5 nitrogen and oxygen atoms in total. The van der Waals surface area contributed by atoms with Gasteiger partial charge in [0.1, 0.15) is 0 Å². The van der Waals surface area contributed by atoms with Crippen molar-refractivity contribution in [3.8, 4) is 0 Å². The van der Waals surface area contributed by atoms with E-state index in [4.69, 9.17) is 0 Å². The van der Waals surface area contributed by atoms with Crippen LogP contribution in [-0.2, 0) is 4.79 Å². The second-order valence-corrected chi connectivity index (χ2v) is 6.87. The lowest BCUT2D eigenvalue weighted by Gasteiger charge is -2.24. The molecule has 0 aromatic heterocycles. The minimum absolute atomic E-state index is 0.00364. The zero-order valence-corrected chi connectivity index (χ0v) is 15.1. The van der Waals surface area contributed by atoms with E-state index < -0.39 is 0 Å². The molecule has 2 amide bonds. The highest BCUT2D eigenvalue weighted by Crippen LogP contribution is 2.26. The van der Waals surface area contributed by atoms with Crippen LogP contribution in [0.1, 0.15) is 30.1 Å². The van der Waals surface area contributed by atoms with Crippen LogP contribution in [0.2, 0.25) is 0 Å². The minimum Gasteiger partial charge on any atom is -0.353 e. The fourth-order valence-corrected chi connectivity index (χ4v) is 2.84. The fourth-order valence-electron chi connectivity index (χ4n) is 2.21. The molecule has 0 radical (unpaired) electrons. The van der Waals surface area contributed by atoms with Gasteiger partial charge in [-0.1, -0.05) is 12.1 Å². The highest BCUT2D eigenvalue weighted by atomic mass is 127. The van der Waals surface area contributed by atoms with Crippen LogP contribution in [0.5, 0.6) is 0 Å². The summed E-state index contributed by atoms with van der Waals surface area (Å²) in [5.74, 6) is -0.376. The number of halogens is 1. The zero-order valence-electron chi connectivity index (χ0n) is 12.9. The lowest BCUT2D eigenvalue weighted by atomic mass is 10.2. The van der Waals surface area contributed by atoms with Crippen molar-refractivity contribution in [1.29, 1.82) is 0 Å². The number of amides is 2.